The van der Waals surface area contributed by atoms with Gasteiger partial charge >= 0.3 is 0 Å². The van der Waals surface area contributed by atoms with Gasteiger partial charge in [0.15, 0.2) is 0 Å². The molecule has 1 atom stereocenters. The lowest BCUT2D eigenvalue weighted by molar-refractivity contribution is 0.734. The molecule has 0 spiro atoms. The summed E-state index contributed by atoms with van der Waals surface area (Å²) in [7, 11) is 0. The largest absolute Gasteiger partial charge is 0.328 e. The van der Waals surface area contributed by atoms with Gasteiger partial charge in [-0.05, 0) is 55.7 Å². The molecule has 0 aliphatic heterocycles. The molecule has 96 valence electrons. The number of aryl methyl sites for hydroxylation is 1. The van der Waals surface area contributed by atoms with E-state index in [0.717, 1.165) is 6.42 Å². The molecule has 0 radical (unpaired) electrons. The second-order valence-electron chi connectivity index (χ2n) is 4.83. The number of rotatable bonds is 7. The van der Waals surface area contributed by atoms with E-state index in [1.54, 1.807) is 0 Å². The average Bonchev–Trinajstić information content (AvgIpc) is 2.27. The van der Waals surface area contributed by atoms with Crippen LogP contribution in [0.15, 0.2) is 23.1 Å². The number of hydrogen-bond acceptors (Lipinski definition) is 2. The summed E-state index contributed by atoms with van der Waals surface area (Å²) >= 11 is 1.97. The topological polar surface area (TPSA) is 26.0 Å². The second kappa shape index (κ2) is 7.78. The van der Waals surface area contributed by atoms with E-state index >= 15 is 0 Å². The molecule has 2 heteroatoms. The van der Waals surface area contributed by atoms with Crippen molar-refractivity contribution >= 4 is 11.8 Å². The van der Waals surface area contributed by atoms with E-state index in [0.29, 0.717) is 0 Å². The van der Waals surface area contributed by atoms with Gasteiger partial charge in [0, 0.05) is 10.9 Å². The molecular weight excluding hydrogens is 226 g/mol. The highest BCUT2D eigenvalue weighted by Gasteiger charge is 2.03. The minimum Gasteiger partial charge on any atom is -0.328 e. The summed E-state index contributed by atoms with van der Waals surface area (Å²) in [5, 5.41) is 0. The predicted molar refractivity (Wildman–Crippen MR) is 78.8 cm³/mol. The summed E-state index contributed by atoms with van der Waals surface area (Å²) in [6.45, 7) is 6.50. The molecule has 0 amide bonds. The third kappa shape index (κ3) is 5.60. The number of thioether (sulfide) groups is 1. The standard InChI is InChI=1S/C15H25NS/c1-4-5-6-9-17-15-8-7-14(11-13(3)16)12(2)10-15/h7-8,10,13H,4-6,9,11,16H2,1-3H3. The van der Waals surface area contributed by atoms with Crippen LogP contribution in [0.2, 0.25) is 0 Å². The average molecular weight is 251 g/mol. The maximum atomic E-state index is 5.84. The van der Waals surface area contributed by atoms with Gasteiger partial charge in [-0.15, -0.1) is 11.8 Å². The van der Waals surface area contributed by atoms with Crippen LogP contribution < -0.4 is 5.73 Å². The van der Waals surface area contributed by atoms with Crippen LogP contribution in [0.1, 0.15) is 44.2 Å². The van der Waals surface area contributed by atoms with Gasteiger partial charge in [0.2, 0.25) is 0 Å². The monoisotopic (exact) mass is 251 g/mol. The van der Waals surface area contributed by atoms with Crippen molar-refractivity contribution in [3.63, 3.8) is 0 Å². The zero-order valence-corrected chi connectivity index (χ0v) is 12.1. The summed E-state index contributed by atoms with van der Waals surface area (Å²) in [5.74, 6) is 1.24. The molecule has 0 saturated carbocycles. The van der Waals surface area contributed by atoms with E-state index in [4.69, 9.17) is 5.73 Å². The lowest BCUT2D eigenvalue weighted by Gasteiger charge is -2.10. The Morgan fingerprint density at radius 2 is 2.06 bits per heavy atom. The quantitative estimate of drug-likeness (QED) is 0.581. The summed E-state index contributed by atoms with van der Waals surface area (Å²) < 4.78 is 0. The molecule has 0 saturated heterocycles. The van der Waals surface area contributed by atoms with Gasteiger partial charge in [-0.25, -0.2) is 0 Å². The molecular formula is C15H25NS. The van der Waals surface area contributed by atoms with Crippen molar-refractivity contribution in [2.45, 2.75) is 57.4 Å². The SMILES string of the molecule is CCCCCSc1ccc(CC(C)N)c(C)c1. The number of benzene rings is 1. The Morgan fingerprint density at radius 3 is 2.65 bits per heavy atom. The molecule has 1 rings (SSSR count). The molecule has 1 aromatic rings. The van der Waals surface area contributed by atoms with E-state index in [1.165, 1.54) is 41.0 Å². The minimum atomic E-state index is 0.247. The molecule has 17 heavy (non-hydrogen) atoms. The number of hydrogen-bond donors (Lipinski definition) is 1. The first-order valence-corrected chi connectivity index (χ1v) is 7.60. The predicted octanol–water partition coefficient (Wildman–Crippen LogP) is 4.17. The number of unbranched alkanes of at least 4 members (excludes halogenated alkanes) is 2. The smallest absolute Gasteiger partial charge is 0.00747 e. The Balaban J connectivity index is 2.50. The fourth-order valence-corrected chi connectivity index (χ4v) is 2.88. The summed E-state index contributed by atoms with van der Waals surface area (Å²) in [6, 6.07) is 7.02. The van der Waals surface area contributed by atoms with Gasteiger partial charge in [-0.3, -0.25) is 0 Å². The van der Waals surface area contributed by atoms with Crippen LogP contribution in [0, 0.1) is 6.92 Å². The van der Waals surface area contributed by atoms with Gasteiger partial charge < -0.3 is 5.73 Å². The van der Waals surface area contributed by atoms with Gasteiger partial charge in [-0.2, -0.15) is 0 Å². The second-order valence-corrected chi connectivity index (χ2v) is 5.99. The van der Waals surface area contributed by atoms with Crippen molar-refractivity contribution in [3.05, 3.63) is 29.3 Å². The van der Waals surface area contributed by atoms with Crippen LogP contribution in [-0.4, -0.2) is 11.8 Å². The van der Waals surface area contributed by atoms with E-state index < -0.39 is 0 Å². The summed E-state index contributed by atoms with van der Waals surface area (Å²) in [5.41, 5.74) is 8.60. The highest BCUT2D eigenvalue weighted by molar-refractivity contribution is 7.99. The van der Waals surface area contributed by atoms with E-state index in [2.05, 4.69) is 39.0 Å². The summed E-state index contributed by atoms with van der Waals surface area (Å²) in [6.07, 6.45) is 4.94. The van der Waals surface area contributed by atoms with Gasteiger partial charge in [0.05, 0.1) is 0 Å². The number of nitrogens with two attached hydrogens (primary N) is 1. The third-order valence-electron chi connectivity index (χ3n) is 2.87. The lowest BCUT2D eigenvalue weighted by Crippen LogP contribution is -2.18. The molecule has 2 N–H and O–H groups in total. The zero-order valence-electron chi connectivity index (χ0n) is 11.3. The van der Waals surface area contributed by atoms with Crippen LogP contribution in [0.3, 0.4) is 0 Å². The minimum absolute atomic E-state index is 0.247. The lowest BCUT2D eigenvalue weighted by atomic mass is 10.0. The van der Waals surface area contributed by atoms with Crippen molar-refractivity contribution in [1.82, 2.24) is 0 Å². The Hall–Kier alpha value is -0.470. The van der Waals surface area contributed by atoms with E-state index in [9.17, 15) is 0 Å². The fourth-order valence-electron chi connectivity index (χ4n) is 1.88. The molecule has 0 aliphatic rings. The molecule has 0 aromatic heterocycles. The maximum absolute atomic E-state index is 5.84. The fraction of sp³-hybridized carbons (Fsp3) is 0.600. The van der Waals surface area contributed by atoms with Crippen molar-refractivity contribution in [3.8, 4) is 0 Å². The Kier molecular flexibility index (Phi) is 6.68. The molecule has 1 nitrogen and oxygen atoms in total. The Morgan fingerprint density at radius 1 is 1.29 bits per heavy atom. The van der Waals surface area contributed by atoms with Crippen molar-refractivity contribution in [2.24, 2.45) is 5.73 Å². The molecule has 0 bridgehead atoms. The summed E-state index contributed by atoms with van der Waals surface area (Å²) in [4.78, 5) is 1.40. The van der Waals surface area contributed by atoms with E-state index in [-0.39, 0.29) is 6.04 Å². The van der Waals surface area contributed by atoms with Gasteiger partial charge in [0.1, 0.15) is 0 Å². The first-order valence-electron chi connectivity index (χ1n) is 6.61. The first-order chi connectivity index (χ1) is 8.13. The van der Waals surface area contributed by atoms with Crippen molar-refractivity contribution in [1.29, 1.82) is 0 Å². The third-order valence-corrected chi connectivity index (χ3v) is 3.95. The van der Waals surface area contributed by atoms with Crippen LogP contribution >= 0.6 is 11.8 Å². The van der Waals surface area contributed by atoms with Crippen LogP contribution in [0.5, 0.6) is 0 Å². The van der Waals surface area contributed by atoms with E-state index in [1.807, 2.05) is 11.8 Å². The van der Waals surface area contributed by atoms with Gasteiger partial charge in [-0.1, -0.05) is 25.8 Å². The van der Waals surface area contributed by atoms with Crippen LogP contribution in [0.25, 0.3) is 0 Å². The molecule has 0 heterocycles. The molecule has 0 aliphatic carbocycles. The van der Waals surface area contributed by atoms with Crippen molar-refractivity contribution in [2.75, 3.05) is 5.75 Å². The molecule has 1 unspecified atom stereocenters. The molecule has 1 aromatic carbocycles. The Bertz CT molecular complexity index is 334. The van der Waals surface area contributed by atoms with Crippen molar-refractivity contribution < 1.29 is 0 Å². The highest BCUT2D eigenvalue weighted by Crippen LogP contribution is 2.23. The first kappa shape index (κ1) is 14.6. The Labute approximate surface area is 110 Å². The van der Waals surface area contributed by atoms with Crippen LogP contribution in [-0.2, 0) is 6.42 Å². The van der Waals surface area contributed by atoms with Gasteiger partial charge in [0.25, 0.3) is 0 Å². The normalized spacial score (nSPS) is 12.7. The molecule has 0 fully saturated rings. The zero-order chi connectivity index (χ0) is 12.7. The van der Waals surface area contributed by atoms with Crippen LogP contribution in [0.4, 0.5) is 0 Å². The highest BCUT2D eigenvalue weighted by atomic mass is 32.2. The maximum Gasteiger partial charge on any atom is 0.00747 e.